The maximum Gasteiger partial charge on any atom is 0.226 e. The lowest BCUT2D eigenvalue weighted by atomic mass is 10.1. The third-order valence-electron chi connectivity index (χ3n) is 2.14. The summed E-state index contributed by atoms with van der Waals surface area (Å²) in [5, 5.41) is 21.9. The Bertz CT molecular complexity index is 337. The van der Waals surface area contributed by atoms with E-state index in [1.165, 1.54) is 4.68 Å². The Hall–Kier alpha value is -1.40. The van der Waals surface area contributed by atoms with Gasteiger partial charge in [-0.15, -0.1) is 0 Å². The first-order valence-electron chi connectivity index (χ1n) is 4.66. The van der Waals surface area contributed by atoms with Gasteiger partial charge in [-0.2, -0.15) is 5.10 Å². The second-order valence-electron chi connectivity index (χ2n) is 3.42. The quantitative estimate of drug-likeness (QED) is 0.573. The van der Waals surface area contributed by atoms with E-state index in [1.54, 1.807) is 19.2 Å². The maximum atomic E-state index is 10.9. The van der Waals surface area contributed by atoms with Gasteiger partial charge in [0.2, 0.25) is 5.91 Å². The first-order valence-corrected chi connectivity index (χ1v) is 4.66. The van der Waals surface area contributed by atoms with E-state index in [9.17, 15) is 4.79 Å². The molecule has 4 N–H and O–H groups in total. The smallest absolute Gasteiger partial charge is 0.226 e. The Labute approximate surface area is 87.3 Å². The second kappa shape index (κ2) is 4.90. The molecule has 0 bridgehead atoms. The number of aromatic nitrogens is 2. The van der Waals surface area contributed by atoms with Crippen LogP contribution >= 0.6 is 0 Å². The topological polar surface area (TPSA) is 101 Å². The van der Waals surface area contributed by atoms with Crippen molar-refractivity contribution in [3.63, 3.8) is 0 Å². The van der Waals surface area contributed by atoms with Crippen LogP contribution in [0.2, 0.25) is 0 Å². The number of aliphatic hydroxyl groups is 2. The van der Waals surface area contributed by atoms with Crippen LogP contribution in [0.4, 0.5) is 0 Å². The van der Waals surface area contributed by atoms with Gasteiger partial charge < -0.3 is 15.9 Å². The highest BCUT2D eigenvalue weighted by Gasteiger charge is 2.15. The van der Waals surface area contributed by atoms with Crippen molar-refractivity contribution in [3.05, 3.63) is 18.0 Å². The van der Waals surface area contributed by atoms with Crippen LogP contribution in [0.1, 0.15) is 18.5 Å². The van der Waals surface area contributed by atoms with E-state index in [4.69, 9.17) is 15.9 Å². The van der Waals surface area contributed by atoms with E-state index in [0.717, 1.165) is 0 Å². The van der Waals surface area contributed by atoms with Crippen LogP contribution in [-0.2, 0) is 11.3 Å². The van der Waals surface area contributed by atoms with Gasteiger partial charge in [0.1, 0.15) is 0 Å². The fourth-order valence-corrected chi connectivity index (χ4v) is 1.13. The summed E-state index contributed by atoms with van der Waals surface area (Å²) in [6, 6.07) is 1.67. The van der Waals surface area contributed by atoms with Crippen molar-refractivity contribution in [2.24, 2.45) is 5.73 Å². The van der Waals surface area contributed by atoms with Gasteiger partial charge in [0.25, 0.3) is 0 Å². The number of nitrogens with two attached hydrogens (primary N) is 1. The number of primary amides is 1. The van der Waals surface area contributed by atoms with E-state index in [1.807, 2.05) is 0 Å². The number of hydrogen-bond donors (Lipinski definition) is 3. The number of hydrogen-bond acceptors (Lipinski definition) is 4. The monoisotopic (exact) mass is 213 g/mol. The van der Waals surface area contributed by atoms with E-state index in [0.29, 0.717) is 5.69 Å². The molecule has 15 heavy (non-hydrogen) atoms. The zero-order valence-corrected chi connectivity index (χ0v) is 8.50. The molecule has 0 saturated heterocycles. The minimum absolute atomic E-state index is 0.196. The molecular formula is C9H15N3O3. The van der Waals surface area contributed by atoms with Crippen molar-refractivity contribution >= 4 is 5.91 Å². The average molecular weight is 213 g/mol. The highest BCUT2D eigenvalue weighted by molar-refractivity contribution is 5.80. The largest absolute Gasteiger partial charge is 0.394 e. The molecule has 1 aromatic rings. The Kier molecular flexibility index (Phi) is 3.81. The number of nitrogens with zero attached hydrogens (tertiary/aromatic N) is 2. The van der Waals surface area contributed by atoms with E-state index >= 15 is 0 Å². The van der Waals surface area contributed by atoms with Crippen LogP contribution in [0, 0.1) is 0 Å². The van der Waals surface area contributed by atoms with Crippen molar-refractivity contribution in [1.82, 2.24) is 9.78 Å². The molecule has 6 heteroatoms. The van der Waals surface area contributed by atoms with Gasteiger partial charge in [-0.3, -0.25) is 9.48 Å². The van der Waals surface area contributed by atoms with Gasteiger partial charge in [-0.1, -0.05) is 0 Å². The summed E-state index contributed by atoms with van der Waals surface area (Å²) < 4.78 is 1.47. The summed E-state index contributed by atoms with van der Waals surface area (Å²) in [5.74, 6) is -0.888. The van der Waals surface area contributed by atoms with Crippen LogP contribution in [0.5, 0.6) is 0 Å². The fourth-order valence-electron chi connectivity index (χ4n) is 1.13. The molecule has 2 atom stereocenters. The molecule has 84 valence electrons. The lowest BCUT2D eigenvalue weighted by molar-refractivity contribution is -0.119. The van der Waals surface area contributed by atoms with Crippen molar-refractivity contribution in [3.8, 4) is 0 Å². The van der Waals surface area contributed by atoms with Gasteiger partial charge in [0.15, 0.2) is 0 Å². The summed E-state index contributed by atoms with van der Waals surface area (Å²) in [6.45, 7) is 1.54. The Balaban J connectivity index is 2.68. The SMILES string of the molecule is CC(C(N)=O)c1ccn(CC(O)CO)n1. The van der Waals surface area contributed by atoms with Gasteiger partial charge in [0.05, 0.1) is 30.9 Å². The third-order valence-corrected chi connectivity index (χ3v) is 2.14. The lowest BCUT2D eigenvalue weighted by Crippen LogP contribution is -2.22. The summed E-state index contributed by atoms with van der Waals surface area (Å²) in [4.78, 5) is 10.9. The summed E-state index contributed by atoms with van der Waals surface area (Å²) in [6.07, 6.45) is 0.787. The summed E-state index contributed by atoms with van der Waals surface area (Å²) >= 11 is 0. The van der Waals surface area contributed by atoms with Crippen LogP contribution in [-0.4, -0.2) is 38.6 Å². The van der Waals surface area contributed by atoms with Crippen LogP contribution in [0.25, 0.3) is 0 Å². The number of aliphatic hydroxyl groups excluding tert-OH is 2. The zero-order valence-electron chi connectivity index (χ0n) is 8.50. The minimum atomic E-state index is -0.846. The minimum Gasteiger partial charge on any atom is -0.394 e. The summed E-state index contributed by atoms with van der Waals surface area (Å²) in [7, 11) is 0. The lowest BCUT2D eigenvalue weighted by Gasteiger charge is -2.07. The van der Waals surface area contributed by atoms with Gasteiger partial charge >= 0.3 is 0 Å². The molecule has 0 aliphatic rings. The number of carbonyl (C=O) groups is 1. The Morgan fingerprint density at radius 2 is 2.40 bits per heavy atom. The summed E-state index contributed by atoms with van der Waals surface area (Å²) in [5.41, 5.74) is 5.69. The second-order valence-corrected chi connectivity index (χ2v) is 3.42. The molecule has 0 fully saturated rings. The highest BCUT2D eigenvalue weighted by atomic mass is 16.3. The van der Waals surface area contributed by atoms with Crippen LogP contribution < -0.4 is 5.73 Å². The Morgan fingerprint density at radius 3 is 2.93 bits per heavy atom. The molecular weight excluding hydrogens is 198 g/mol. The molecule has 0 aliphatic carbocycles. The van der Waals surface area contributed by atoms with Crippen molar-refractivity contribution in [2.45, 2.75) is 25.5 Å². The van der Waals surface area contributed by atoms with Crippen LogP contribution in [0.15, 0.2) is 12.3 Å². The molecule has 0 aliphatic heterocycles. The molecule has 1 rings (SSSR count). The first kappa shape index (κ1) is 11.7. The molecule has 2 unspecified atom stereocenters. The molecule has 1 heterocycles. The first-order chi connectivity index (χ1) is 7.04. The molecule has 6 nitrogen and oxygen atoms in total. The predicted octanol–water partition coefficient (Wildman–Crippen LogP) is -1.17. The fraction of sp³-hybridized carbons (Fsp3) is 0.556. The average Bonchev–Trinajstić information content (AvgIpc) is 2.64. The van der Waals surface area contributed by atoms with E-state index < -0.39 is 17.9 Å². The highest BCUT2D eigenvalue weighted by Crippen LogP contribution is 2.11. The molecule has 1 aromatic heterocycles. The standard InChI is InChI=1S/C9H15N3O3/c1-6(9(10)15)8-2-3-12(11-8)4-7(14)5-13/h2-3,6-7,13-14H,4-5H2,1H3,(H2,10,15). The molecule has 0 spiro atoms. The number of amides is 1. The van der Waals surface area contributed by atoms with Crippen molar-refractivity contribution in [1.29, 1.82) is 0 Å². The molecule has 0 aromatic carbocycles. The van der Waals surface area contributed by atoms with E-state index in [2.05, 4.69) is 5.10 Å². The normalized spacial score (nSPS) is 14.9. The van der Waals surface area contributed by atoms with Crippen molar-refractivity contribution in [2.75, 3.05) is 6.61 Å². The molecule has 0 saturated carbocycles. The van der Waals surface area contributed by atoms with Crippen LogP contribution in [0.3, 0.4) is 0 Å². The predicted molar refractivity (Wildman–Crippen MR) is 52.9 cm³/mol. The molecule has 0 radical (unpaired) electrons. The van der Waals surface area contributed by atoms with E-state index in [-0.39, 0.29) is 13.2 Å². The third kappa shape index (κ3) is 3.03. The van der Waals surface area contributed by atoms with Gasteiger partial charge in [0, 0.05) is 6.20 Å². The van der Waals surface area contributed by atoms with Gasteiger partial charge in [-0.05, 0) is 13.0 Å². The molecule has 1 amide bonds. The maximum absolute atomic E-state index is 10.9. The number of carbonyl (C=O) groups excluding carboxylic acids is 1. The van der Waals surface area contributed by atoms with Gasteiger partial charge in [-0.25, -0.2) is 0 Å². The Morgan fingerprint density at radius 1 is 1.73 bits per heavy atom. The van der Waals surface area contributed by atoms with Crippen molar-refractivity contribution < 1.29 is 15.0 Å². The zero-order chi connectivity index (χ0) is 11.4. The number of rotatable bonds is 5.